The van der Waals surface area contributed by atoms with Gasteiger partial charge in [-0.3, -0.25) is 14.5 Å². The van der Waals surface area contributed by atoms with Gasteiger partial charge in [0.05, 0.1) is 18.1 Å². The molecule has 0 radical (unpaired) electrons. The number of carbonyl (C=O) groups excluding carboxylic acids is 2. The fourth-order valence-corrected chi connectivity index (χ4v) is 4.01. The van der Waals surface area contributed by atoms with Crippen LogP contribution in [0.3, 0.4) is 0 Å². The van der Waals surface area contributed by atoms with Crippen LogP contribution in [0.25, 0.3) is 16.8 Å². The molecule has 4 rings (SSSR count). The van der Waals surface area contributed by atoms with Crippen molar-refractivity contribution in [1.82, 2.24) is 4.90 Å². The highest BCUT2D eigenvalue weighted by Crippen LogP contribution is 2.35. The maximum absolute atomic E-state index is 12.8. The van der Waals surface area contributed by atoms with Gasteiger partial charge in [-0.15, -0.1) is 0 Å². The Bertz CT molecular complexity index is 1090. The second kappa shape index (κ2) is 7.90. The maximum Gasteiger partial charge on any atom is 0.293 e. The summed E-state index contributed by atoms with van der Waals surface area (Å²) in [5, 5.41) is 1.97. The molecule has 0 unspecified atom stereocenters. The zero-order chi connectivity index (χ0) is 19.5. The molecule has 5 heteroatoms. The molecule has 3 aromatic carbocycles. The van der Waals surface area contributed by atoms with Gasteiger partial charge in [0.25, 0.3) is 11.1 Å². The first kappa shape index (κ1) is 18.3. The van der Waals surface area contributed by atoms with Crippen LogP contribution in [0.5, 0.6) is 5.75 Å². The van der Waals surface area contributed by atoms with E-state index in [0.29, 0.717) is 17.3 Å². The second-order valence-electron chi connectivity index (χ2n) is 6.42. The van der Waals surface area contributed by atoms with E-state index in [4.69, 9.17) is 4.74 Å². The molecule has 0 atom stereocenters. The minimum absolute atomic E-state index is 0.252. The number of fused-ring (bicyclic) bond motifs is 1. The Balaban J connectivity index is 1.58. The molecule has 0 bridgehead atoms. The van der Waals surface area contributed by atoms with Gasteiger partial charge in [0, 0.05) is 5.56 Å². The number of para-hydroxylation sites is 1. The summed E-state index contributed by atoms with van der Waals surface area (Å²) in [5.41, 5.74) is 1.72. The summed E-state index contributed by atoms with van der Waals surface area (Å²) in [6, 6.07) is 21.5. The van der Waals surface area contributed by atoms with Crippen LogP contribution in [0.1, 0.15) is 18.1 Å². The van der Waals surface area contributed by atoms with Crippen molar-refractivity contribution >= 4 is 39.8 Å². The van der Waals surface area contributed by atoms with Crippen molar-refractivity contribution in [3.8, 4) is 5.75 Å². The van der Waals surface area contributed by atoms with Crippen LogP contribution in [-0.4, -0.2) is 22.7 Å². The van der Waals surface area contributed by atoms with Gasteiger partial charge in [-0.05, 0) is 53.2 Å². The Morgan fingerprint density at radius 1 is 0.964 bits per heavy atom. The minimum atomic E-state index is -0.269. The summed E-state index contributed by atoms with van der Waals surface area (Å²) >= 11 is 0.969. The third kappa shape index (κ3) is 3.66. The number of carbonyl (C=O) groups is 2. The number of imide groups is 1. The van der Waals surface area contributed by atoms with Crippen LogP contribution in [0.15, 0.2) is 71.6 Å². The molecule has 1 saturated heterocycles. The molecule has 3 aromatic rings. The van der Waals surface area contributed by atoms with E-state index < -0.39 is 0 Å². The van der Waals surface area contributed by atoms with E-state index in [0.717, 1.165) is 33.7 Å². The van der Waals surface area contributed by atoms with Crippen molar-refractivity contribution in [3.63, 3.8) is 0 Å². The average molecular weight is 389 g/mol. The van der Waals surface area contributed by atoms with Crippen LogP contribution >= 0.6 is 11.8 Å². The molecule has 0 aliphatic carbocycles. The topological polar surface area (TPSA) is 46.6 Å². The maximum atomic E-state index is 12.8. The van der Waals surface area contributed by atoms with Gasteiger partial charge in [0.2, 0.25) is 0 Å². The number of nitrogens with zero attached hydrogens (tertiary/aromatic N) is 1. The molecule has 4 nitrogen and oxygen atoms in total. The molecule has 0 spiro atoms. The number of rotatable bonds is 5. The van der Waals surface area contributed by atoms with E-state index in [-0.39, 0.29) is 17.7 Å². The van der Waals surface area contributed by atoms with Crippen molar-refractivity contribution in [2.24, 2.45) is 0 Å². The summed E-state index contributed by atoms with van der Waals surface area (Å²) in [6.45, 7) is 2.71. The van der Waals surface area contributed by atoms with Crippen molar-refractivity contribution in [3.05, 3.63) is 82.8 Å². The summed E-state index contributed by atoms with van der Waals surface area (Å²) in [4.78, 5) is 27.0. The Morgan fingerprint density at radius 3 is 2.54 bits per heavy atom. The number of ether oxygens (including phenoxy) is 1. The van der Waals surface area contributed by atoms with Gasteiger partial charge in [0.15, 0.2) is 0 Å². The van der Waals surface area contributed by atoms with Crippen molar-refractivity contribution < 1.29 is 14.3 Å². The quantitative estimate of drug-likeness (QED) is 0.543. The molecule has 1 aliphatic rings. The van der Waals surface area contributed by atoms with E-state index in [2.05, 4.69) is 0 Å². The molecular formula is C23H19NO3S. The van der Waals surface area contributed by atoms with Gasteiger partial charge < -0.3 is 4.74 Å². The summed E-state index contributed by atoms with van der Waals surface area (Å²) in [6.07, 6.45) is 1.73. The summed E-state index contributed by atoms with van der Waals surface area (Å²) < 4.78 is 5.61. The number of thioether (sulfide) groups is 1. The fourth-order valence-electron chi connectivity index (χ4n) is 3.18. The van der Waals surface area contributed by atoms with Crippen LogP contribution < -0.4 is 4.74 Å². The first-order valence-corrected chi connectivity index (χ1v) is 9.92. The normalized spacial score (nSPS) is 15.6. The van der Waals surface area contributed by atoms with Crippen LogP contribution in [0, 0.1) is 0 Å². The predicted molar refractivity (Wildman–Crippen MR) is 113 cm³/mol. The van der Waals surface area contributed by atoms with Gasteiger partial charge in [-0.25, -0.2) is 0 Å². The molecular weight excluding hydrogens is 370 g/mol. The highest BCUT2D eigenvalue weighted by atomic mass is 32.2. The lowest BCUT2D eigenvalue weighted by molar-refractivity contribution is -0.123. The summed E-state index contributed by atoms with van der Waals surface area (Å²) in [7, 11) is 0. The Labute approximate surface area is 167 Å². The predicted octanol–water partition coefficient (Wildman–Crippen LogP) is 5.48. The molecule has 2 amide bonds. The lowest BCUT2D eigenvalue weighted by Gasteiger charge is -2.13. The lowest BCUT2D eigenvalue weighted by atomic mass is 10.1. The zero-order valence-electron chi connectivity index (χ0n) is 15.4. The van der Waals surface area contributed by atoms with Crippen LogP contribution in [0.2, 0.25) is 0 Å². The Morgan fingerprint density at radius 2 is 1.71 bits per heavy atom. The van der Waals surface area contributed by atoms with Gasteiger partial charge in [0.1, 0.15) is 5.75 Å². The smallest absolute Gasteiger partial charge is 0.293 e. The number of amides is 2. The van der Waals surface area contributed by atoms with Crippen molar-refractivity contribution in [2.75, 3.05) is 6.61 Å². The molecule has 1 aliphatic heterocycles. The van der Waals surface area contributed by atoms with E-state index >= 15 is 0 Å². The molecule has 28 heavy (non-hydrogen) atoms. The third-order valence-corrected chi connectivity index (χ3v) is 5.44. The highest BCUT2D eigenvalue weighted by Gasteiger charge is 2.35. The number of benzene rings is 3. The average Bonchev–Trinajstić information content (AvgIpc) is 2.97. The standard InChI is InChI=1S/C23H19NO3S/c1-2-27-20-10-6-5-9-19(20)14-21-22(25)24(23(26)28-21)15-16-11-12-17-7-3-4-8-18(17)13-16/h3-14H,2,15H2,1H3/b21-14-. The third-order valence-electron chi connectivity index (χ3n) is 4.53. The van der Waals surface area contributed by atoms with Crippen LogP contribution in [-0.2, 0) is 11.3 Å². The van der Waals surface area contributed by atoms with Crippen molar-refractivity contribution in [1.29, 1.82) is 0 Å². The molecule has 140 valence electrons. The fraction of sp³-hybridized carbons (Fsp3) is 0.130. The lowest BCUT2D eigenvalue weighted by Crippen LogP contribution is -2.27. The highest BCUT2D eigenvalue weighted by molar-refractivity contribution is 8.18. The van der Waals surface area contributed by atoms with E-state index in [1.54, 1.807) is 6.08 Å². The second-order valence-corrected chi connectivity index (χ2v) is 7.41. The zero-order valence-corrected chi connectivity index (χ0v) is 16.2. The monoisotopic (exact) mass is 389 g/mol. The van der Waals surface area contributed by atoms with Gasteiger partial charge in [-0.2, -0.15) is 0 Å². The largest absolute Gasteiger partial charge is 0.493 e. The molecule has 0 aromatic heterocycles. The molecule has 1 fully saturated rings. The van der Waals surface area contributed by atoms with Gasteiger partial charge >= 0.3 is 0 Å². The first-order valence-electron chi connectivity index (χ1n) is 9.10. The first-order chi connectivity index (χ1) is 13.7. The number of hydrogen-bond acceptors (Lipinski definition) is 4. The summed E-state index contributed by atoms with van der Waals surface area (Å²) in [5.74, 6) is 0.431. The minimum Gasteiger partial charge on any atom is -0.493 e. The van der Waals surface area contributed by atoms with E-state index in [1.165, 1.54) is 4.90 Å². The Kier molecular flexibility index (Phi) is 5.17. The molecule has 0 N–H and O–H groups in total. The molecule has 0 saturated carbocycles. The van der Waals surface area contributed by atoms with E-state index in [1.807, 2.05) is 73.7 Å². The molecule has 1 heterocycles. The van der Waals surface area contributed by atoms with E-state index in [9.17, 15) is 9.59 Å². The van der Waals surface area contributed by atoms with Gasteiger partial charge in [-0.1, -0.05) is 54.6 Å². The Hall–Kier alpha value is -3.05. The van der Waals surface area contributed by atoms with Crippen molar-refractivity contribution in [2.45, 2.75) is 13.5 Å². The number of hydrogen-bond donors (Lipinski definition) is 0. The SMILES string of the molecule is CCOc1ccccc1/C=C1\SC(=O)N(Cc2ccc3ccccc3c2)C1=O. The van der Waals surface area contributed by atoms with Crippen LogP contribution in [0.4, 0.5) is 4.79 Å².